The first-order valence-corrected chi connectivity index (χ1v) is 7.37. The fourth-order valence-electron chi connectivity index (χ4n) is 2.10. The molecule has 0 aliphatic heterocycles. The largest absolute Gasteiger partial charge is 0.298 e. The van der Waals surface area contributed by atoms with Crippen molar-refractivity contribution in [2.24, 2.45) is 0 Å². The Bertz CT molecular complexity index is 767. The summed E-state index contributed by atoms with van der Waals surface area (Å²) in [6.07, 6.45) is 1.12. The molecule has 4 heteroatoms. The molecular weight excluding hydrogens is 285 g/mol. The van der Waals surface area contributed by atoms with Crippen LogP contribution in [0.5, 0.6) is 0 Å². The van der Waals surface area contributed by atoms with Gasteiger partial charge in [0.05, 0.1) is 10.7 Å². The average Bonchev–Trinajstić information content (AvgIpc) is 2.99. The van der Waals surface area contributed by atoms with Gasteiger partial charge in [-0.15, -0.1) is 11.3 Å². The third-order valence-corrected chi connectivity index (χ3v) is 4.02. The van der Waals surface area contributed by atoms with Crippen LogP contribution < -0.4 is 0 Å². The van der Waals surface area contributed by atoms with Gasteiger partial charge in [0.25, 0.3) is 0 Å². The molecule has 0 atom stereocenters. The Hall–Kier alpha value is -2.33. The molecule has 0 saturated heterocycles. The Morgan fingerprint density at radius 3 is 2.71 bits per heavy atom. The highest BCUT2D eigenvalue weighted by Crippen LogP contribution is 2.24. The van der Waals surface area contributed by atoms with E-state index < -0.39 is 0 Å². The summed E-state index contributed by atoms with van der Waals surface area (Å²) in [6, 6.07) is 14.2. The lowest BCUT2D eigenvalue weighted by Crippen LogP contribution is -1.94. The first-order valence-electron chi connectivity index (χ1n) is 6.49. The van der Waals surface area contributed by atoms with E-state index in [1.54, 1.807) is 6.07 Å². The SMILES string of the molecule is O=Cc1ccc(F)c(Cc2nc(-c3ccccc3)cs2)c1. The Morgan fingerprint density at radius 1 is 1.14 bits per heavy atom. The molecule has 1 heterocycles. The second-order valence-corrected chi connectivity index (χ2v) is 5.58. The van der Waals surface area contributed by atoms with Gasteiger partial charge in [0, 0.05) is 22.9 Å². The molecule has 0 aliphatic rings. The Kier molecular flexibility index (Phi) is 3.88. The number of benzene rings is 2. The average molecular weight is 297 g/mol. The van der Waals surface area contributed by atoms with E-state index in [-0.39, 0.29) is 5.82 Å². The molecule has 3 aromatic rings. The molecule has 104 valence electrons. The van der Waals surface area contributed by atoms with Crippen LogP contribution in [-0.4, -0.2) is 11.3 Å². The summed E-state index contributed by atoms with van der Waals surface area (Å²) >= 11 is 1.50. The minimum atomic E-state index is -0.308. The van der Waals surface area contributed by atoms with Crippen LogP contribution in [0.15, 0.2) is 53.9 Å². The quantitative estimate of drug-likeness (QED) is 0.670. The number of hydrogen-bond acceptors (Lipinski definition) is 3. The monoisotopic (exact) mass is 297 g/mol. The lowest BCUT2D eigenvalue weighted by Gasteiger charge is -2.01. The van der Waals surface area contributed by atoms with Gasteiger partial charge in [0.1, 0.15) is 12.1 Å². The number of nitrogens with zero attached hydrogens (tertiary/aromatic N) is 1. The summed E-state index contributed by atoms with van der Waals surface area (Å²) < 4.78 is 13.8. The van der Waals surface area contributed by atoms with Gasteiger partial charge in [-0.25, -0.2) is 9.37 Å². The molecule has 0 aliphatic carbocycles. The van der Waals surface area contributed by atoms with E-state index in [4.69, 9.17) is 0 Å². The number of carbonyl (C=O) groups excluding carboxylic acids is 1. The molecule has 0 spiro atoms. The fourth-order valence-corrected chi connectivity index (χ4v) is 2.93. The number of rotatable bonds is 4. The van der Waals surface area contributed by atoms with Crippen LogP contribution in [0.1, 0.15) is 20.9 Å². The van der Waals surface area contributed by atoms with Gasteiger partial charge in [-0.3, -0.25) is 4.79 Å². The standard InChI is InChI=1S/C17H12FNOS/c18-15-7-6-12(10-20)8-14(15)9-17-19-16(11-21-17)13-4-2-1-3-5-13/h1-8,10-11H,9H2. The van der Waals surface area contributed by atoms with Crippen molar-refractivity contribution in [3.8, 4) is 11.3 Å². The third-order valence-electron chi connectivity index (χ3n) is 3.17. The van der Waals surface area contributed by atoms with Crippen molar-refractivity contribution in [2.45, 2.75) is 6.42 Å². The lowest BCUT2D eigenvalue weighted by molar-refractivity contribution is 0.112. The first-order chi connectivity index (χ1) is 10.3. The minimum Gasteiger partial charge on any atom is -0.298 e. The lowest BCUT2D eigenvalue weighted by atomic mass is 10.1. The normalized spacial score (nSPS) is 10.5. The van der Waals surface area contributed by atoms with Crippen molar-refractivity contribution in [1.82, 2.24) is 4.98 Å². The summed E-state index contributed by atoms with van der Waals surface area (Å²) in [5, 5.41) is 2.79. The van der Waals surface area contributed by atoms with Crippen molar-refractivity contribution < 1.29 is 9.18 Å². The zero-order chi connectivity index (χ0) is 14.7. The summed E-state index contributed by atoms with van der Waals surface area (Å²) in [5.74, 6) is -0.308. The van der Waals surface area contributed by atoms with Crippen LogP contribution in [-0.2, 0) is 6.42 Å². The summed E-state index contributed by atoms with van der Waals surface area (Å²) in [5.41, 5.74) is 2.91. The number of halogens is 1. The molecule has 3 rings (SSSR count). The Labute approximate surface area is 125 Å². The number of hydrogen-bond donors (Lipinski definition) is 0. The predicted octanol–water partition coefficient (Wildman–Crippen LogP) is 4.35. The minimum absolute atomic E-state index is 0.308. The second-order valence-electron chi connectivity index (χ2n) is 4.64. The molecular formula is C17H12FNOS. The highest BCUT2D eigenvalue weighted by molar-refractivity contribution is 7.10. The van der Waals surface area contributed by atoms with Gasteiger partial charge in [0.2, 0.25) is 0 Å². The maximum atomic E-state index is 13.8. The highest BCUT2D eigenvalue weighted by Gasteiger charge is 2.09. The van der Waals surface area contributed by atoms with Crippen molar-refractivity contribution in [1.29, 1.82) is 0 Å². The van der Waals surface area contributed by atoms with E-state index in [1.807, 2.05) is 35.7 Å². The van der Waals surface area contributed by atoms with Gasteiger partial charge < -0.3 is 0 Å². The molecule has 0 saturated carbocycles. The number of thiazole rings is 1. The van der Waals surface area contributed by atoms with Crippen LogP contribution in [0.4, 0.5) is 4.39 Å². The summed E-state index contributed by atoms with van der Waals surface area (Å²) in [4.78, 5) is 15.3. The van der Waals surface area contributed by atoms with Crippen molar-refractivity contribution in [3.63, 3.8) is 0 Å². The van der Waals surface area contributed by atoms with E-state index in [0.29, 0.717) is 17.5 Å². The van der Waals surface area contributed by atoms with Crippen LogP contribution in [0.3, 0.4) is 0 Å². The fraction of sp³-hybridized carbons (Fsp3) is 0.0588. The Morgan fingerprint density at radius 2 is 1.95 bits per heavy atom. The molecule has 0 fully saturated rings. The molecule has 1 aromatic heterocycles. The maximum absolute atomic E-state index is 13.8. The van der Waals surface area contributed by atoms with Gasteiger partial charge in [-0.1, -0.05) is 30.3 Å². The van der Waals surface area contributed by atoms with E-state index in [0.717, 1.165) is 22.6 Å². The highest BCUT2D eigenvalue weighted by atomic mass is 32.1. The van der Waals surface area contributed by atoms with E-state index in [2.05, 4.69) is 4.98 Å². The predicted molar refractivity (Wildman–Crippen MR) is 82.1 cm³/mol. The molecule has 0 N–H and O–H groups in total. The summed E-state index contributed by atoms with van der Waals surface area (Å²) in [6.45, 7) is 0. The molecule has 0 amide bonds. The molecule has 2 aromatic carbocycles. The molecule has 0 bridgehead atoms. The smallest absolute Gasteiger partial charge is 0.150 e. The summed E-state index contributed by atoms with van der Waals surface area (Å²) in [7, 11) is 0. The van der Waals surface area contributed by atoms with Crippen LogP contribution >= 0.6 is 11.3 Å². The maximum Gasteiger partial charge on any atom is 0.150 e. The topological polar surface area (TPSA) is 30.0 Å². The van der Waals surface area contributed by atoms with Crippen LogP contribution in [0.25, 0.3) is 11.3 Å². The van der Waals surface area contributed by atoms with Gasteiger partial charge >= 0.3 is 0 Å². The zero-order valence-corrected chi connectivity index (χ0v) is 11.9. The van der Waals surface area contributed by atoms with Crippen LogP contribution in [0.2, 0.25) is 0 Å². The number of aromatic nitrogens is 1. The van der Waals surface area contributed by atoms with Gasteiger partial charge in [-0.2, -0.15) is 0 Å². The molecule has 0 radical (unpaired) electrons. The van der Waals surface area contributed by atoms with E-state index in [1.165, 1.54) is 23.5 Å². The van der Waals surface area contributed by atoms with Gasteiger partial charge in [0.15, 0.2) is 0 Å². The zero-order valence-electron chi connectivity index (χ0n) is 11.1. The van der Waals surface area contributed by atoms with Crippen molar-refractivity contribution in [3.05, 3.63) is 75.9 Å². The van der Waals surface area contributed by atoms with Gasteiger partial charge in [-0.05, 0) is 23.8 Å². The molecule has 0 unspecified atom stereocenters. The second kappa shape index (κ2) is 5.97. The van der Waals surface area contributed by atoms with Crippen molar-refractivity contribution in [2.75, 3.05) is 0 Å². The Balaban J connectivity index is 1.86. The third kappa shape index (κ3) is 3.06. The van der Waals surface area contributed by atoms with E-state index in [9.17, 15) is 9.18 Å². The van der Waals surface area contributed by atoms with Crippen LogP contribution in [0, 0.1) is 5.82 Å². The van der Waals surface area contributed by atoms with Crippen molar-refractivity contribution >= 4 is 17.6 Å². The first kappa shape index (κ1) is 13.6. The molecule has 2 nitrogen and oxygen atoms in total. The number of carbonyl (C=O) groups is 1. The number of aldehydes is 1. The molecule has 21 heavy (non-hydrogen) atoms. The van der Waals surface area contributed by atoms with E-state index >= 15 is 0 Å².